The minimum atomic E-state index is -0.796. The molecule has 2 aliphatic heterocycles. The number of halogens is 2. The Hall–Kier alpha value is -3.99. The first-order chi connectivity index (χ1) is 21.4. The first kappa shape index (κ1) is 29.7. The van der Waals surface area contributed by atoms with Crippen LogP contribution in [0.3, 0.4) is 0 Å². The summed E-state index contributed by atoms with van der Waals surface area (Å²) in [7, 11) is 0. The van der Waals surface area contributed by atoms with E-state index in [2.05, 4.69) is 45.4 Å². The van der Waals surface area contributed by atoms with E-state index in [4.69, 9.17) is 14.5 Å². The highest BCUT2D eigenvalue weighted by molar-refractivity contribution is 7.23. The predicted octanol–water partition coefficient (Wildman–Crippen LogP) is 6.54. The minimum Gasteiger partial charge on any atom is -0.444 e. The highest BCUT2D eigenvalue weighted by atomic mass is 32.1. The van der Waals surface area contributed by atoms with Gasteiger partial charge in [-0.05, 0) is 65.0 Å². The van der Waals surface area contributed by atoms with E-state index in [0.29, 0.717) is 16.9 Å². The van der Waals surface area contributed by atoms with Crippen LogP contribution in [0.4, 0.5) is 24.5 Å². The van der Waals surface area contributed by atoms with Crippen molar-refractivity contribution in [2.24, 2.45) is 0 Å². The first-order valence-electron chi connectivity index (χ1n) is 15.0. The average molecular weight is 634 g/mol. The number of rotatable bonds is 5. The molecule has 10 nitrogen and oxygen atoms in total. The Morgan fingerprint density at radius 3 is 2.69 bits per heavy atom. The molecular weight excluding hydrogens is 600 g/mol. The summed E-state index contributed by atoms with van der Waals surface area (Å²) in [6.45, 7) is 10.5. The Balaban J connectivity index is 1.35. The van der Waals surface area contributed by atoms with Crippen molar-refractivity contribution in [2.45, 2.75) is 90.3 Å². The fraction of sp³-hybridized carbons (Fsp3) is 0.469. The van der Waals surface area contributed by atoms with E-state index in [1.54, 1.807) is 27.0 Å². The molecule has 2 atom stereocenters. The molecule has 1 saturated carbocycles. The van der Waals surface area contributed by atoms with Crippen LogP contribution in [-0.4, -0.2) is 50.8 Å². The number of carbonyl (C=O) groups excluding carboxylic acids is 1. The lowest BCUT2D eigenvalue weighted by Gasteiger charge is -2.27. The number of amides is 1. The maximum absolute atomic E-state index is 16.9. The van der Waals surface area contributed by atoms with E-state index in [-0.39, 0.29) is 68.3 Å². The normalized spacial score (nSPS) is 20.4. The molecule has 0 unspecified atom stereocenters. The van der Waals surface area contributed by atoms with Crippen LogP contribution in [0.25, 0.3) is 32.2 Å². The topological polar surface area (TPSA) is 125 Å². The average Bonchev–Trinajstić information content (AvgIpc) is 3.29. The van der Waals surface area contributed by atoms with Crippen LogP contribution in [0.5, 0.6) is 0 Å². The smallest absolute Gasteiger partial charge is 0.412 e. The summed E-state index contributed by atoms with van der Waals surface area (Å²) in [6.07, 6.45) is 5.10. The van der Waals surface area contributed by atoms with Gasteiger partial charge in [0.1, 0.15) is 22.2 Å². The zero-order valence-electron chi connectivity index (χ0n) is 25.7. The standard InChI is InChI=1S/C32H33F2N7O3S/c1-15-21(40-32(5)7-8-32)6-9-41(15)29-37-11-17-18-13-43-14-19(18)22(24(34)25(17)38-29)26-23-16(10-35)28(39-30(42)44-31(2,3)4)45-27(23)20(33)12-36-26/h11-12,15,21,40H,6-9,13-14H2,1-5H3,(H,39,42)/t15-,21-/m0/s1. The highest BCUT2D eigenvalue weighted by Crippen LogP contribution is 2.46. The van der Waals surface area contributed by atoms with Crippen LogP contribution in [-0.2, 0) is 22.7 Å². The number of fused-ring (bicyclic) bond motifs is 4. The van der Waals surface area contributed by atoms with Gasteiger partial charge in [0.05, 0.1) is 35.4 Å². The van der Waals surface area contributed by atoms with Gasteiger partial charge in [-0.25, -0.2) is 23.5 Å². The molecule has 45 heavy (non-hydrogen) atoms. The van der Waals surface area contributed by atoms with E-state index in [1.807, 2.05) is 0 Å². The van der Waals surface area contributed by atoms with Gasteiger partial charge < -0.3 is 19.7 Å². The van der Waals surface area contributed by atoms with Crippen LogP contribution in [0.2, 0.25) is 0 Å². The maximum atomic E-state index is 16.9. The summed E-state index contributed by atoms with van der Waals surface area (Å²) in [5.41, 5.74) is 0.909. The summed E-state index contributed by atoms with van der Waals surface area (Å²) < 4.78 is 43.2. The van der Waals surface area contributed by atoms with E-state index in [1.165, 1.54) is 0 Å². The molecule has 1 amide bonds. The highest BCUT2D eigenvalue weighted by Gasteiger charge is 2.43. The quantitative estimate of drug-likeness (QED) is 0.252. The third kappa shape index (κ3) is 5.14. The Kier molecular flexibility index (Phi) is 6.96. The number of anilines is 2. The number of benzene rings is 1. The van der Waals surface area contributed by atoms with Crippen molar-refractivity contribution in [3.8, 4) is 17.3 Å². The second kappa shape index (κ2) is 10.5. The molecule has 13 heteroatoms. The molecule has 1 saturated heterocycles. The fourth-order valence-corrected chi connectivity index (χ4v) is 7.37. The second-order valence-corrected chi connectivity index (χ2v) is 14.3. The lowest BCUT2D eigenvalue weighted by Crippen LogP contribution is -2.45. The van der Waals surface area contributed by atoms with E-state index >= 15 is 8.78 Å². The number of nitrogens with one attached hydrogen (secondary N) is 2. The van der Waals surface area contributed by atoms with Gasteiger partial charge in [0.2, 0.25) is 5.95 Å². The van der Waals surface area contributed by atoms with E-state index < -0.39 is 23.3 Å². The summed E-state index contributed by atoms with van der Waals surface area (Å²) >= 11 is 0.867. The molecule has 3 aliphatic rings. The van der Waals surface area contributed by atoms with Crippen LogP contribution in [0.15, 0.2) is 12.4 Å². The molecule has 5 heterocycles. The molecule has 1 aliphatic carbocycles. The molecule has 0 spiro atoms. The second-order valence-electron chi connectivity index (χ2n) is 13.3. The van der Waals surface area contributed by atoms with E-state index in [9.17, 15) is 10.1 Å². The summed E-state index contributed by atoms with van der Waals surface area (Å²) in [6, 6.07) is 2.45. The minimum absolute atomic E-state index is 0.0350. The van der Waals surface area contributed by atoms with Gasteiger partial charge in [0.15, 0.2) is 11.6 Å². The lowest BCUT2D eigenvalue weighted by molar-refractivity contribution is 0.0636. The summed E-state index contributed by atoms with van der Waals surface area (Å²) in [4.78, 5) is 28.4. The molecule has 4 aromatic rings. The predicted molar refractivity (Wildman–Crippen MR) is 167 cm³/mol. The van der Waals surface area contributed by atoms with Crippen LogP contribution >= 0.6 is 11.3 Å². The monoisotopic (exact) mass is 633 g/mol. The van der Waals surface area contributed by atoms with Crippen LogP contribution < -0.4 is 15.5 Å². The molecule has 3 aromatic heterocycles. The molecule has 234 valence electrons. The van der Waals surface area contributed by atoms with Gasteiger partial charge in [-0.15, -0.1) is 11.3 Å². The van der Waals surface area contributed by atoms with Crippen molar-refractivity contribution in [3.05, 3.63) is 40.7 Å². The Labute approximate surface area is 262 Å². The van der Waals surface area contributed by atoms with Gasteiger partial charge >= 0.3 is 6.09 Å². The SMILES string of the molecule is C[C@H]1[C@@H](NC2(C)CC2)CCN1c1ncc2c3c(c(-c4ncc(F)c5sc(NC(=O)OC(C)(C)C)c(C#N)c45)c(F)c2n1)COC3. The number of thiophene rings is 1. The molecule has 1 aromatic carbocycles. The summed E-state index contributed by atoms with van der Waals surface area (Å²) in [5, 5.41) is 17.2. The van der Waals surface area contributed by atoms with Crippen molar-refractivity contribution in [2.75, 3.05) is 16.8 Å². The molecule has 0 bridgehead atoms. The molecule has 0 radical (unpaired) electrons. The van der Waals surface area contributed by atoms with Crippen molar-refractivity contribution < 1.29 is 23.0 Å². The third-order valence-electron chi connectivity index (χ3n) is 8.87. The number of carbonyl (C=O) groups is 1. The Bertz CT molecular complexity index is 1930. The van der Waals surface area contributed by atoms with Crippen molar-refractivity contribution in [3.63, 3.8) is 0 Å². The van der Waals surface area contributed by atoms with Gasteiger partial charge in [0.25, 0.3) is 0 Å². The maximum Gasteiger partial charge on any atom is 0.412 e. The number of pyridine rings is 1. The number of nitrogens with zero attached hydrogens (tertiary/aromatic N) is 5. The van der Waals surface area contributed by atoms with Crippen molar-refractivity contribution >= 4 is 49.4 Å². The largest absolute Gasteiger partial charge is 0.444 e. The Morgan fingerprint density at radius 2 is 1.98 bits per heavy atom. The zero-order valence-corrected chi connectivity index (χ0v) is 26.5. The van der Waals surface area contributed by atoms with Gasteiger partial charge in [0, 0.05) is 46.7 Å². The number of hydrogen-bond acceptors (Lipinski definition) is 10. The fourth-order valence-electron chi connectivity index (χ4n) is 6.33. The first-order valence-corrected chi connectivity index (χ1v) is 15.8. The van der Waals surface area contributed by atoms with Crippen molar-refractivity contribution in [1.82, 2.24) is 20.3 Å². The molecular formula is C32H33F2N7O3S. The van der Waals surface area contributed by atoms with E-state index in [0.717, 1.165) is 48.9 Å². The molecule has 2 N–H and O–H groups in total. The number of hydrogen-bond donors (Lipinski definition) is 2. The Morgan fingerprint density at radius 1 is 1.22 bits per heavy atom. The molecule has 7 rings (SSSR count). The zero-order chi connectivity index (χ0) is 31.8. The lowest BCUT2D eigenvalue weighted by atomic mass is 9.94. The molecule has 2 fully saturated rings. The summed E-state index contributed by atoms with van der Waals surface area (Å²) in [5.74, 6) is -0.919. The van der Waals surface area contributed by atoms with Gasteiger partial charge in [-0.1, -0.05) is 0 Å². The van der Waals surface area contributed by atoms with Crippen LogP contribution in [0, 0.1) is 23.0 Å². The number of aromatic nitrogens is 3. The number of ether oxygens (including phenoxy) is 2. The van der Waals surface area contributed by atoms with Gasteiger partial charge in [-0.2, -0.15) is 5.26 Å². The third-order valence-corrected chi connectivity index (χ3v) is 9.98. The number of nitriles is 1. The van der Waals surface area contributed by atoms with Crippen LogP contribution in [0.1, 0.15) is 70.6 Å². The van der Waals surface area contributed by atoms with Gasteiger partial charge in [-0.3, -0.25) is 10.3 Å². The van der Waals surface area contributed by atoms with Crippen molar-refractivity contribution in [1.29, 1.82) is 5.26 Å².